The third-order valence-corrected chi connectivity index (χ3v) is 4.72. The SMILES string of the molecule is CC(C)CCOc1ccc(S(=O)(=O)N(C)C)cc1C(=O)O. The van der Waals surface area contributed by atoms with Crippen LogP contribution in [0.2, 0.25) is 0 Å². The van der Waals surface area contributed by atoms with Crippen LogP contribution in [0.4, 0.5) is 0 Å². The first-order valence-corrected chi connectivity index (χ1v) is 8.03. The number of carbonyl (C=O) groups is 1. The molecule has 6 nitrogen and oxygen atoms in total. The maximum absolute atomic E-state index is 12.0. The number of sulfonamides is 1. The van der Waals surface area contributed by atoms with Crippen molar-refractivity contribution < 1.29 is 23.1 Å². The maximum Gasteiger partial charge on any atom is 0.339 e. The molecule has 0 heterocycles. The molecule has 0 saturated carbocycles. The Kier molecular flexibility index (Phi) is 5.74. The summed E-state index contributed by atoms with van der Waals surface area (Å²) < 4.78 is 30.5. The molecule has 0 saturated heterocycles. The largest absolute Gasteiger partial charge is 0.493 e. The standard InChI is InChI=1S/C14H21NO5S/c1-10(2)7-8-20-13-6-5-11(9-12(13)14(16)17)21(18,19)15(3)4/h5-6,9-10H,7-8H2,1-4H3,(H,16,17). The first-order chi connectivity index (χ1) is 9.66. The molecule has 1 aromatic rings. The summed E-state index contributed by atoms with van der Waals surface area (Å²) in [5.41, 5.74) is -0.151. The molecule has 1 aromatic carbocycles. The molecule has 0 unspecified atom stereocenters. The van der Waals surface area contributed by atoms with Crippen LogP contribution in [0.1, 0.15) is 30.6 Å². The van der Waals surface area contributed by atoms with Crippen LogP contribution in [0, 0.1) is 5.92 Å². The third kappa shape index (κ3) is 4.44. The van der Waals surface area contributed by atoms with Gasteiger partial charge in [-0.2, -0.15) is 0 Å². The van der Waals surface area contributed by atoms with Gasteiger partial charge in [0.2, 0.25) is 10.0 Å². The van der Waals surface area contributed by atoms with Crippen LogP contribution < -0.4 is 4.74 Å². The maximum atomic E-state index is 12.0. The van der Waals surface area contributed by atoms with Gasteiger partial charge in [-0.1, -0.05) is 13.8 Å². The summed E-state index contributed by atoms with van der Waals surface area (Å²) in [4.78, 5) is 11.2. The molecule has 0 spiro atoms. The summed E-state index contributed by atoms with van der Waals surface area (Å²) in [5, 5.41) is 9.21. The predicted octanol–water partition coefficient (Wildman–Crippen LogP) is 2.06. The number of nitrogens with zero attached hydrogens (tertiary/aromatic N) is 1. The molecule has 0 radical (unpaired) electrons. The molecular weight excluding hydrogens is 294 g/mol. The van der Waals surface area contributed by atoms with E-state index >= 15 is 0 Å². The Morgan fingerprint density at radius 3 is 2.43 bits per heavy atom. The lowest BCUT2D eigenvalue weighted by molar-refractivity contribution is 0.0691. The van der Waals surface area contributed by atoms with Crippen molar-refractivity contribution in [1.82, 2.24) is 4.31 Å². The second kappa shape index (κ2) is 6.91. The lowest BCUT2D eigenvalue weighted by Crippen LogP contribution is -2.22. The lowest BCUT2D eigenvalue weighted by Gasteiger charge is -2.14. The highest BCUT2D eigenvalue weighted by Gasteiger charge is 2.21. The summed E-state index contributed by atoms with van der Waals surface area (Å²) in [5.74, 6) is -0.599. The van der Waals surface area contributed by atoms with Gasteiger partial charge >= 0.3 is 5.97 Å². The molecule has 1 N–H and O–H groups in total. The summed E-state index contributed by atoms with van der Waals surface area (Å²) in [6.07, 6.45) is 0.788. The third-order valence-electron chi connectivity index (χ3n) is 2.91. The minimum atomic E-state index is -3.67. The zero-order valence-corrected chi connectivity index (χ0v) is 13.5. The highest BCUT2D eigenvalue weighted by atomic mass is 32.2. The fourth-order valence-electron chi connectivity index (χ4n) is 1.58. The number of hydrogen-bond acceptors (Lipinski definition) is 4. The zero-order chi connectivity index (χ0) is 16.2. The highest BCUT2D eigenvalue weighted by molar-refractivity contribution is 7.89. The Hall–Kier alpha value is -1.60. The molecule has 7 heteroatoms. The Bertz CT molecular complexity index is 608. The van der Waals surface area contributed by atoms with Crippen LogP contribution >= 0.6 is 0 Å². The number of aromatic carboxylic acids is 1. The fourth-order valence-corrected chi connectivity index (χ4v) is 2.51. The van der Waals surface area contributed by atoms with Gasteiger partial charge in [0.1, 0.15) is 11.3 Å². The van der Waals surface area contributed by atoms with Crippen molar-refractivity contribution in [3.05, 3.63) is 23.8 Å². The molecule has 0 aliphatic rings. The summed E-state index contributed by atoms with van der Waals surface area (Å²) in [6.45, 7) is 4.46. The van der Waals surface area contributed by atoms with Crippen LogP contribution in [-0.4, -0.2) is 44.5 Å². The van der Waals surface area contributed by atoms with Gasteiger partial charge in [0.05, 0.1) is 11.5 Å². The van der Waals surface area contributed by atoms with Gasteiger partial charge in [0.15, 0.2) is 0 Å². The zero-order valence-electron chi connectivity index (χ0n) is 12.7. The van der Waals surface area contributed by atoms with Crippen LogP contribution in [0.25, 0.3) is 0 Å². The van der Waals surface area contributed by atoms with Crippen molar-refractivity contribution in [2.45, 2.75) is 25.2 Å². The highest BCUT2D eigenvalue weighted by Crippen LogP contribution is 2.24. The first kappa shape index (κ1) is 17.5. The molecule has 0 fully saturated rings. The minimum absolute atomic E-state index is 0.0684. The number of hydrogen-bond donors (Lipinski definition) is 1. The van der Waals surface area contributed by atoms with E-state index in [1.165, 1.54) is 26.2 Å². The van der Waals surface area contributed by atoms with Crippen molar-refractivity contribution in [1.29, 1.82) is 0 Å². The van der Waals surface area contributed by atoms with E-state index in [0.29, 0.717) is 12.5 Å². The Morgan fingerprint density at radius 1 is 1.33 bits per heavy atom. The van der Waals surface area contributed by atoms with Crippen LogP contribution in [0.3, 0.4) is 0 Å². The molecular formula is C14H21NO5S. The minimum Gasteiger partial charge on any atom is -0.493 e. The van der Waals surface area contributed by atoms with E-state index in [0.717, 1.165) is 16.8 Å². The van der Waals surface area contributed by atoms with E-state index in [-0.39, 0.29) is 16.2 Å². The van der Waals surface area contributed by atoms with Crippen LogP contribution in [0.5, 0.6) is 5.75 Å². The molecule has 0 aliphatic heterocycles. The van der Waals surface area contributed by atoms with Crippen LogP contribution in [-0.2, 0) is 10.0 Å². The van der Waals surface area contributed by atoms with Gasteiger partial charge < -0.3 is 9.84 Å². The molecule has 21 heavy (non-hydrogen) atoms. The van der Waals surface area contributed by atoms with E-state index in [1.54, 1.807) is 0 Å². The second-order valence-electron chi connectivity index (χ2n) is 5.28. The second-order valence-corrected chi connectivity index (χ2v) is 7.43. The van der Waals surface area contributed by atoms with Gasteiger partial charge in [-0.15, -0.1) is 0 Å². The van der Waals surface area contributed by atoms with E-state index < -0.39 is 16.0 Å². The summed E-state index contributed by atoms with van der Waals surface area (Å²) in [7, 11) is -0.886. The van der Waals surface area contributed by atoms with E-state index in [9.17, 15) is 18.3 Å². The quantitative estimate of drug-likeness (QED) is 0.832. The van der Waals surface area contributed by atoms with E-state index in [2.05, 4.69) is 0 Å². The van der Waals surface area contributed by atoms with Crippen molar-refractivity contribution in [2.24, 2.45) is 5.92 Å². The average molecular weight is 315 g/mol. The van der Waals surface area contributed by atoms with Crippen LogP contribution in [0.15, 0.2) is 23.1 Å². The van der Waals surface area contributed by atoms with E-state index in [4.69, 9.17) is 4.74 Å². The van der Waals surface area contributed by atoms with E-state index in [1.807, 2.05) is 13.8 Å². The van der Waals surface area contributed by atoms with Gasteiger partial charge in [-0.05, 0) is 30.5 Å². The Balaban J connectivity index is 3.11. The molecule has 0 aromatic heterocycles. The van der Waals surface area contributed by atoms with Crippen molar-refractivity contribution in [3.63, 3.8) is 0 Å². The lowest BCUT2D eigenvalue weighted by atomic mass is 10.1. The monoisotopic (exact) mass is 315 g/mol. The number of carboxylic acids is 1. The molecule has 1 rings (SSSR count). The number of benzene rings is 1. The predicted molar refractivity (Wildman–Crippen MR) is 79.2 cm³/mol. The van der Waals surface area contributed by atoms with Gasteiger partial charge in [0, 0.05) is 14.1 Å². The number of ether oxygens (including phenoxy) is 1. The molecule has 0 atom stereocenters. The molecule has 0 bridgehead atoms. The van der Waals surface area contributed by atoms with Gasteiger partial charge in [-0.3, -0.25) is 0 Å². The summed E-state index contributed by atoms with van der Waals surface area (Å²) in [6, 6.07) is 3.87. The average Bonchev–Trinajstić information content (AvgIpc) is 2.37. The molecule has 0 aliphatic carbocycles. The number of rotatable bonds is 7. The number of carboxylic acid groups (broad SMARTS) is 1. The van der Waals surface area contributed by atoms with Crippen molar-refractivity contribution in [3.8, 4) is 5.75 Å². The van der Waals surface area contributed by atoms with Crippen molar-refractivity contribution >= 4 is 16.0 Å². The van der Waals surface area contributed by atoms with Crippen molar-refractivity contribution in [2.75, 3.05) is 20.7 Å². The molecule has 0 amide bonds. The van der Waals surface area contributed by atoms with Gasteiger partial charge in [-0.25, -0.2) is 17.5 Å². The van der Waals surface area contributed by atoms with Gasteiger partial charge in [0.25, 0.3) is 0 Å². The first-order valence-electron chi connectivity index (χ1n) is 6.59. The smallest absolute Gasteiger partial charge is 0.339 e. The summed E-state index contributed by atoms with van der Waals surface area (Å²) >= 11 is 0. The normalized spacial score (nSPS) is 11.9. The Labute approximate surface area is 125 Å². The topological polar surface area (TPSA) is 83.9 Å². The Morgan fingerprint density at radius 2 is 1.95 bits per heavy atom. The fraction of sp³-hybridized carbons (Fsp3) is 0.500. The molecule has 118 valence electrons.